The molecule has 4 aromatic rings. The summed E-state index contributed by atoms with van der Waals surface area (Å²) in [6, 6.07) is 13.6. The lowest BCUT2D eigenvalue weighted by molar-refractivity contribution is -0.137. The van der Waals surface area contributed by atoms with E-state index in [4.69, 9.17) is 0 Å². The van der Waals surface area contributed by atoms with E-state index in [0.717, 1.165) is 43.1 Å². The van der Waals surface area contributed by atoms with Crippen LogP contribution in [-0.2, 0) is 19.0 Å². The first kappa shape index (κ1) is 18.8. The molecule has 0 saturated carbocycles. The van der Waals surface area contributed by atoms with Crippen LogP contribution in [0.15, 0.2) is 61.1 Å². The third-order valence-corrected chi connectivity index (χ3v) is 5.59. The lowest BCUT2D eigenvalue weighted by atomic mass is 9.91. The van der Waals surface area contributed by atoms with Gasteiger partial charge >= 0.3 is 6.18 Å². The predicted molar refractivity (Wildman–Crippen MR) is 109 cm³/mol. The minimum atomic E-state index is -4.41. The Morgan fingerprint density at radius 1 is 0.900 bits per heavy atom. The van der Waals surface area contributed by atoms with Gasteiger partial charge < -0.3 is 5.32 Å². The van der Waals surface area contributed by atoms with Gasteiger partial charge in [-0.15, -0.1) is 0 Å². The Morgan fingerprint density at radius 2 is 1.73 bits per heavy atom. The third kappa shape index (κ3) is 3.35. The molecule has 0 fully saturated rings. The van der Waals surface area contributed by atoms with Crippen LogP contribution >= 0.6 is 0 Å². The number of alkyl halides is 3. The Hall–Kier alpha value is -3.19. The molecule has 0 unspecified atom stereocenters. The van der Waals surface area contributed by atoms with Crippen molar-refractivity contribution in [2.24, 2.45) is 0 Å². The number of rotatable bonds is 2. The number of fused-ring (bicyclic) bond motifs is 2. The molecule has 30 heavy (non-hydrogen) atoms. The normalized spacial score (nSPS) is 14.5. The number of halogens is 3. The molecular weight excluding hydrogens is 389 g/mol. The maximum atomic E-state index is 13.3. The molecule has 2 aromatic heterocycles. The molecule has 0 amide bonds. The maximum Gasteiger partial charge on any atom is 0.416 e. The third-order valence-electron chi connectivity index (χ3n) is 5.59. The van der Waals surface area contributed by atoms with Crippen molar-refractivity contribution in [3.63, 3.8) is 0 Å². The van der Waals surface area contributed by atoms with Crippen LogP contribution in [0.25, 0.3) is 27.9 Å². The van der Waals surface area contributed by atoms with Gasteiger partial charge in [0.25, 0.3) is 0 Å². The molecule has 0 spiro atoms. The molecule has 1 aliphatic rings. The molecule has 2 aromatic carbocycles. The molecule has 0 saturated heterocycles. The van der Waals surface area contributed by atoms with Gasteiger partial charge in [-0.05, 0) is 71.9 Å². The van der Waals surface area contributed by atoms with Crippen LogP contribution in [0.4, 0.5) is 13.2 Å². The number of hydrogen-bond acceptors (Lipinski definition) is 3. The van der Waals surface area contributed by atoms with E-state index in [9.17, 15) is 13.2 Å². The number of aromatic nitrogens is 3. The number of hydrogen-bond donors (Lipinski definition) is 1. The molecule has 0 radical (unpaired) electrons. The van der Waals surface area contributed by atoms with Gasteiger partial charge in [0.1, 0.15) is 6.33 Å². The van der Waals surface area contributed by atoms with Crippen molar-refractivity contribution in [1.29, 1.82) is 0 Å². The van der Waals surface area contributed by atoms with Crippen molar-refractivity contribution in [1.82, 2.24) is 19.9 Å². The summed E-state index contributed by atoms with van der Waals surface area (Å²) in [4.78, 5) is 4.34. The second-order valence-corrected chi connectivity index (χ2v) is 7.44. The first-order valence-corrected chi connectivity index (χ1v) is 9.83. The maximum absolute atomic E-state index is 13.3. The molecule has 0 atom stereocenters. The van der Waals surface area contributed by atoms with Crippen molar-refractivity contribution in [2.75, 3.05) is 13.1 Å². The van der Waals surface area contributed by atoms with Gasteiger partial charge in [-0.25, -0.2) is 9.50 Å². The van der Waals surface area contributed by atoms with Crippen LogP contribution in [0.1, 0.15) is 16.7 Å². The van der Waals surface area contributed by atoms with Gasteiger partial charge in [-0.1, -0.05) is 30.3 Å². The molecular formula is C23H19F3N4. The van der Waals surface area contributed by atoms with Gasteiger partial charge in [-0.3, -0.25) is 0 Å². The smallest absolute Gasteiger partial charge is 0.316 e. The van der Waals surface area contributed by atoms with Crippen LogP contribution in [0.3, 0.4) is 0 Å². The minimum Gasteiger partial charge on any atom is -0.316 e. The highest BCUT2D eigenvalue weighted by atomic mass is 19.4. The van der Waals surface area contributed by atoms with Crippen LogP contribution in [-0.4, -0.2) is 27.7 Å². The van der Waals surface area contributed by atoms with Gasteiger partial charge in [0.05, 0.1) is 5.56 Å². The monoisotopic (exact) mass is 408 g/mol. The van der Waals surface area contributed by atoms with Crippen LogP contribution in [0, 0.1) is 0 Å². The molecule has 0 bridgehead atoms. The Morgan fingerprint density at radius 3 is 2.57 bits per heavy atom. The van der Waals surface area contributed by atoms with Gasteiger partial charge in [0.15, 0.2) is 5.65 Å². The molecule has 3 heterocycles. The fraction of sp³-hybridized carbons (Fsp3) is 0.217. The zero-order valence-corrected chi connectivity index (χ0v) is 16.1. The Kier molecular flexibility index (Phi) is 4.55. The minimum absolute atomic E-state index is 0.468. The van der Waals surface area contributed by atoms with Crippen molar-refractivity contribution in [2.45, 2.75) is 19.0 Å². The van der Waals surface area contributed by atoms with E-state index < -0.39 is 11.7 Å². The van der Waals surface area contributed by atoms with Crippen molar-refractivity contribution in [3.8, 4) is 22.3 Å². The Balaban J connectivity index is 1.72. The number of nitrogens with one attached hydrogen (secondary N) is 1. The highest BCUT2D eigenvalue weighted by molar-refractivity contribution is 5.92. The zero-order chi connectivity index (χ0) is 20.7. The Bertz CT molecular complexity index is 1230. The fourth-order valence-corrected chi connectivity index (χ4v) is 4.10. The summed E-state index contributed by atoms with van der Waals surface area (Å²) >= 11 is 0. The highest BCUT2D eigenvalue weighted by Crippen LogP contribution is 2.38. The van der Waals surface area contributed by atoms with Gasteiger partial charge in [0.2, 0.25) is 0 Å². The number of nitrogens with zero attached hydrogens (tertiary/aromatic N) is 3. The summed E-state index contributed by atoms with van der Waals surface area (Å²) in [7, 11) is 0. The molecule has 1 aliphatic heterocycles. The number of benzene rings is 2. The topological polar surface area (TPSA) is 42.2 Å². The lowest BCUT2D eigenvalue weighted by Crippen LogP contribution is -2.16. The first-order chi connectivity index (χ1) is 14.5. The quantitative estimate of drug-likeness (QED) is 0.520. The summed E-state index contributed by atoms with van der Waals surface area (Å²) in [5.74, 6) is 0. The fourth-order valence-electron chi connectivity index (χ4n) is 4.10. The molecule has 5 rings (SSSR count). The van der Waals surface area contributed by atoms with Crippen LogP contribution in [0.2, 0.25) is 0 Å². The predicted octanol–water partition coefficient (Wildman–Crippen LogP) is 4.77. The van der Waals surface area contributed by atoms with Crippen molar-refractivity contribution < 1.29 is 13.2 Å². The van der Waals surface area contributed by atoms with Crippen molar-refractivity contribution in [3.05, 3.63) is 77.7 Å². The second kappa shape index (κ2) is 7.25. The standard InChI is InChI=1S/C23H19F3N4/c24-23(25,26)19-3-1-2-18(13-19)21-20(8-11-30-22(21)28-14-29-30)17-5-4-15-6-9-27-10-7-16(15)12-17/h1-5,8,11-14,27H,6-7,9-10H2. The van der Waals surface area contributed by atoms with Crippen molar-refractivity contribution >= 4 is 5.65 Å². The first-order valence-electron chi connectivity index (χ1n) is 9.83. The molecule has 0 aliphatic carbocycles. The van der Waals surface area contributed by atoms with Gasteiger partial charge in [-0.2, -0.15) is 18.3 Å². The van der Waals surface area contributed by atoms with E-state index in [-0.39, 0.29) is 0 Å². The van der Waals surface area contributed by atoms with Gasteiger partial charge in [0, 0.05) is 11.8 Å². The average molecular weight is 408 g/mol. The van der Waals surface area contributed by atoms with E-state index >= 15 is 0 Å². The van der Waals surface area contributed by atoms with E-state index in [1.807, 2.05) is 12.1 Å². The lowest BCUT2D eigenvalue weighted by Gasteiger charge is -2.15. The van der Waals surface area contributed by atoms with Crippen LogP contribution in [0.5, 0.6) is 0 Å². The molecule has 1 N–H and O–H groups in total. The van der Waals surface area contributed by atoms with E-state index in [1.165, 1.54) is 29.6 Å². The highest BCUT2D eigenvalue weighted by Gasteiger charge is 2.31. The summed E-state index contributed by atoms with van der Waals surface area (Å²) in [5.41, 5.74) is 5.36. The van der Waals surface area contributed by atoms with Crippen LogP contribution < -0.4 is 5.32 Å². The summed E-state index contributed by atoms with van der Waals surface area (Å²) in [6.45, 7) is 1.87. The number of pyridine rings is 1. The largest absolute Gasteiger partial charge is 0.416 e. The van der Waals surface area contributed by atoms with E-state index in [2.05, 4.69) is 27.5 Å². The Labute approximate surface area is 171 Å². The van der Waals surface area contributed by atoms with E-state index in [1.54, 1.807) is 16.8 Å². The average Bonchev–Trinajstić information content (AvgIpc) is 3.09. The SMILES string of the molecule is FC(F)(F)c1cccc(-c2c(-c3ccc4c(c3)CCNCC4)ccn3ncnc23)c1. The molecule has 7 heteroatoms. The van der Waals surface area contributed by atoms with E-state index in [0.29, 0.717) is 16.8 Å². The molecule has 4 nitrogen and oxygen atoms in total. The summed E-state index contributed by atoms with van der Waals surface area (Å²) in [6.07, 6.45) is 0.696. The summed E-state index contributed by atoms with van der Waals surface area (Å²) in [5, 5.41) is 7.57. The summed E-state index contributed by atoms with van der Waals surface area (Å²) < 4.78 is 41.6. The second-order valence-electron chi connectivity index (χ2n) is 7.44. The molecule has 152 valence electrons. The zero-order valence-electron chi connectivity index (χ0n) is 16.1.